The van der Waals surface area contributed by atoms with Gasteiger partial charge in [-0.15, -0.1) is 0 Å². The van der Waals surface area contributed by atoms with E-state index in [1.807, 2.05) is 0 Å². The quantitative estimate of drug-likeness (QED) is 0.726. The van der Waals surface area contributed by atoms with Crippen molar-refractivity contribution in [2.45, 2.75) is 39.2 Å². The highest BCUT2D eigenvalue weighted by atomic mass is 15.1. The van der Waals surface area contributed by atoms with E-state index in [1.165, 1.54) is 37.8 Å². The van der Waals surface area contributed by atoms with Crippen molar-refractivity contribution >= 4 is 0 Å². The highest BCUT2D eigenvalue weighted by Crippen LogP contribution is 2.15. The predicted molar refractivity (Wildman–Crippen MR) is 79.5 cm³/mol. The van der Waals surface area contributed by atoms with Crippen LogP contribution in [0.25, 0.3) is 0 Å². The molecule has 0 aliphatic carbocycles. The number of hydrogen-bond donors (Lipinski definition) is 1. The number of benzene rings is 1. The third-order valence-corrected chi connectivity index (χ3v) is 3.60. The molecule has 0 bridgehead atoms. The van der Waals surface area contributed by atoms with Gasteiger partial charge in [0.25, 0.3) is 0 Å². The lowest BCUT2D eigenvalue weighted by Gasteiger charge is -2.19. The topological polar surface area (TPSA) is 29.3 Å². The summed E-state index contributed by atoms with van der Waals surface area (Å²) in [4.78, 5) is 2.41. The predicted octanol–water partition coefficient (Wildman–Crippen LogP) is 3.27. The fourth-order valence-corrected chi connectivity index (χ4v) is 2.41. The zero-order chi connectivity index (χ0) is 13.2. The smallest absolute Gasteiger partial charge is 0.0230 e. The summed E-state index contributed by atoms with van der Waals surface area (Å²) in [6, 6.07) is 10.7. The summed E-state index contributed by atoms with van der Waals surface area (Å²) in [5.41, 5.74) is 7.03. The largest absolute Gasteiger partial charge is 0.330 e. The van der Waals surface area contributed by atoms with Crippen molar-refractivity contribution in [1.29, 1.82) is 0 Å². The van der Waals surface area contributed by atoms with Crippen molar-refractivity contribution in [2.24, 2.45) is 11.7 Å². The van der Waals surface area contributed by atoms with Gasteiger partial charge < -0.3 is 10.6 Å². The minimum Gasteiger partial charge on any atom is -0.330 e. The molecule has 0 radical (unpaired) electrons. The molecular weight excluding hydrogens is 220 g/mol. The minimum absolute atomic E-state index is 0.820. The maximum absolute atomic E-state index is 5.63. The van der Waals surface area contributed by atoms with Gasteiger partial charge in [-0.2, -0.15) is 0 Å². The van der Waals surface area contributed by atoms with Crippen molar-refractivity contribution in [3.63, 3.8) is 0 Å². The van der Waals surface area contributed by atoms with Gasteiger partial charge in [-0.3, -0.25) is 0 Å². The van der Waals surface area contributed by atoms with Crippen LogP contribution >= 0.6 is 0 Å². The molecule has 0 amide bonds. The Hall–Kier alpha value is -0.860. The van der Waals surface area contributed by atoms with Gasteiger partial charge >= 0.3 is 0 Å². The van der Waals surface area contributed by atoms with Crippen LogP contribution in [0.3, 0.4) is 0 Å². The first-order chi connectivity index (χ1) is 8.76. The summed E-state index contributed by atoms with van der Waals surface area (Å²) in [6.45, 7) is 5.33. The van der Waals surface area contributed by atoms with Gasteiger partial charge in [0.2, 0.25) is 0 Å². The Labute approximate surface area is 112 Å². The zero-order valence-corrected chi connectivity index (χ0v) is 11.9. The first kappa shape index (κ1) is 15.2. The molecule has 18 heavy (non-hydrogen) atoms. The van der Waals surface area contributed by atoms with Crippen molar-refractivity contribution in [1.82, 2.24) is 4.90 Å². The highest BCUT2D eigenvalue weighted by Gasteiger charge is 2.06. The first-order valence-corrected chi connectivity index (χ1v) is 7.18. The lowest BCUT2D eigenvalue weighted by atomic mass is 9.96. The van der Waals surface area contributed by atoms with Gasteiger partial charge in [0, 0.05) is 6.54 Å². The molecule has 1 rings (SSSR count). The zero-order valence-electron chi connectivity index (χ0n) is 11.9. The van der Waals surface area contributed by atoms with Crippen molar-refractivity contribution in [3.05, 3.63) is 35.9 Å². The third kappa shape index (κ3) is 6.18. The number of rotatable bonds is 9. The van der Waals surface area contributed by atoms with Crippen molar-refractivity contribution in [2.75, 3.05) is 20.1 Å². The van der Waals surface area contributed by atoms with Crippen LogP contribution < -0.4 is 5.73 Å². The summed E-state index contributed by atoms with van der Waals surface area (Å²) >= 11 is 0. The molecule has 0 spiro atoms. The van der Waals surface area contributed by atoms with E-state index >= 15 is 0 Å². The van der Waals surface area contributed by atoms with E-state index in [0.29, 0.717) is 0 Å². The molecule has 1 aromatic carbocycles. The van der Waals surface area contributed by atoms with Crippen LogP contribution in [0.1, 0.15) is 38.2 Å². The fraction of sp³-hybridized carbons (Fsp3) is 0.625. The van der Waals surface area contributed by atoms with Gasteiger partial charge in [-0.25, -0.2) is 0 Å². The Morgan fingerprint density at radius 3 is 2.50 bits per heavy atom. The standard InChI is InChI=1S/C16H28N2/c1-3-15(11-12-17)10-7-13-18(2)14-16-8-5-4-6-9-16/h4-6,8-9,15H,3,7,10-14,17H2,1-2H3. The van der Waals surface area contributed by atoms with Gasteiger partial charge in [0.1, 0.15) is 0 Å². The van der Waals surface area contributed by atoms with Gasteiger partial charge in [-0.05, 0) is 50.9 Å². The number of hydrogen-bond acceptors (Lipinski definition) is 2. The molecule has 1 unspecified atom stereocenters. The molecule has 1 atom stereocenters. The second kappa shape index (κ2) is 9.12. The van der Waals surface area contributed by atoms with Crippen LogP contribution in [0, 0.1) is 5.92 Å². The Morgan fingerprint density at radius 1 is 1.17 bits per heavy atom. The third-order valence-electron chi connectivity index (χ3n) is 3.60. The maximum Gasteiger partial charge on any atom is 0.0230 e. The molecule has 0 saturated heterocycles. The van der Waals surface area contributed by atoms with Crippen molar-refractivity contribution in [3.8, 4) is 0 Å². The summed E-state index contributed by atoms with van der Waals surface area (Å²) in [7, 11) is 2.21. The minimum atomic E-state index is 0.820. The van der Waals surface area contributed by atoms with E-state index in [-0.39, 0.29) is 0 Å². The molecule has 0 fully saturated rings. The van der Waals surface area contributed by atoms with Crippen LogP contribution in [0.5, 0.6) is 0 Å². The molecule has 0 saturated carbocycles. The monoisotopic (exact) mass is 248 g/mol. The molecule has 2 heteroatoms. The Morgan fingerprint density at radius 2 is 1.89 bits per heavy atom. The van der Waals surface area contributed by atoms with Crippen LogP contribution in [-0.4, -0.2) is 25.0 Å². The first-order valence-electron chi connectivity index (χ1n) is 7.18. The lowest BCUT2D eigenvalue weighted by molar-refractivity contribution is 0.300. The maximum atomic E-state index is 5.63. The summed E-state index contributed by atoms with van der Waals surface area (Å²) in [5.74, 6) is 0.820. The van der Waals surface area contributed by atoms with E-state index < -0.39 is 0 Å². The molecule has 2 N–H and O–H groups in total. The summed E-state index contributed by atoms with van der Waals surface area (Å²) in [6.07, 6.45) is 5.03. The second-order valence-corrected chi connectivity index (χ2v) is 5.22. The van der Waals surface area contributed by atoms with Gasteiger partial charge in [0.15, 0.2) is 0 Å². The van der Waals surface area contributed by atoms with Crippen LogP contribution in [0.4, 0.5) is 0 Å². The molecule has 0 heterocycles. The Bertz CT molecular complexity index is 297. The van der Waals surface area contributed by atoms with E-state index in [9.17, 15) is 0 Å². The van der Waals surface area contributed by atoms with Crippen LogP contribution in [0.15, 0.2) is 30.3 Å². The number of nitrogens with two attached hydrogens (primary N) is 1. The highest BCUT2D eigenvalue weighted by molar-refractivity contribution is 5.14. The second-order valence-electron chi connectivity index (χ2n) is 5.22. The molecule has 2 nitrogen and oxygen atoms in total. The molecular formula is C16H28N2. The van der Waals surface area contributed by atoms with Gasteiger partial charge in [-0.1, -0.05) is 43.7 Å². The molecule has 0 aromatic heterocycles. The van der Waals surface area contributed by atoms with Crippen LogP contribution in [0.2, 0.25) is 0 Å². The van der Waals surface area contributed by atoms with Gasteiger partial charge in [0.05, 0.1) is 0 Å². The average molecular weight is 248 g/mol. The summed E-state index contributed by atoms with van der Waals surface area (Å²) in [5, 5.41) is 0. The fourth-order valence-electron chi connectivity index (χ4n) is 2.41. The lowest BCUT2D eigenvalue weighted by Crippen LogP contribution is -2.20. The van der Waals surface area contributed by atoms with E-state index in [0.717, 1.165) is 19.0 Å². The molecule has 1 aromatic rings. The van der Waals surface area contributed by atoms with E-state index in [2.05, 4.69) is 49.2 Å². The number of nitrogens with zero attached hydrogens (tertiary/aromatic N) is 1. The Kier molecular flexibility index (Phi) is 7.70. The summed E-state index contributed by atoms with van der Waals surface area (Å²) < 4.78 is 0. The Balaban J connectivity index is 2.19. The molecule has 102 valence electrons. The average Bonchev–Trinajstić information content (AvgIpc) is 2.39. The van der Waals surface area contributed by atoms with Crippen molar-refractivity contribution < 1.29 is 0 Å². The van der Waals surface area contributed by atoms with E-state index in [4.69, 9.17) is 5.73 Å². The SMILES string of the molecule is CCC(CCN)CCCN(C)Cc1ccccc1. The normalized spacial score (nSPS) is 12.9. The van der Waals surface area contributed by atoms with E-state index in [1.54, 1.807) is 0 Å². The molecule has 0 aliphatic rings. The van der Waals surface area contributed by atoms with Crippen LogP contribution in [-0.2, 0) is 6.54 Å². The molecule has 0 aliphatic heterocycles.